The molecule has 0 saturated carbocycles. The molecule has 1 atom stereocenters. The first-order chi connectivity index (χ1) is 11.7. The van der Waals surface area contributed by atoms with Gasteiger partial charge in [-0.1, -0.05) is 0 Å². The summed E-state index contributed by atoms with van der Waals surface area (Å²) in [5.74, 6) is 1.13. The fraction of sp³-hybridized carbons (Fsp3) is 0.467. The number of nitrogens with one attached hydrogen (secondary N) is 2. The predicted molar refractivity (Wildman–Crippen MR) is 89.3 cm³/mol. The Morgan fingerprint density at radius 3 is 2.96 bits per heavy atom. The lowest BCUT2D eigenvalue weighted by atomic mass is 10.3. The van der Waals surface area contributed by atoms with E-state index in [2.05, 4.69) is 30.5 Å². The van der Waals surface area contributed by atoms with E-state index in [-0.39, 0.29) is 0 Å². The van der Waals surface area contributed by atoms with Gasteiger partial charge >= 0.3 is 0 Å². The smallest absolute Gasteiger partial charge is 0.229 e. The molecule has 9 heteroatoms. The van der Waals surface area contributed by atoms with Crippen LogP contribution in [-0.2, 0) is 6.54 Å². The van der Waals surface area contributed by atoms with Crippen LogP contribution < -0.4 is 10.2 Å². The first-order valence-electron chi connectivity index (χ1n) is 8.04. The highest BCUT2D eigenvalue weighted by atomic mass is 19.1. The summed E-state index contributed by atoms with van der Waals surface area (Å²) in [7, 11) is 0. The van der Waals surface area contributed by atoms with Gasteiger partial charge in [-0.15, -0.1) is 0 Å². The quantitative estimate of drug-likeness (QED) is 0.762. The Morgan fingerprint density at radius 2 is 2.29 bits per heavy atom. The molecule has 1 fully saturated rings. The minimum absolute atomic E-state index is 0.329. The van der Waals surface area contributed by atoms with Gasteiger partial charge in [-0.3, -0.25) is 5.10 Å². The Labute approximate surface area is 138 Å². The lowest BCUT2D eigenvalue weighted by Gasteiger charge is -2.16. The van der Waals surface area contributed by atoms with Crippen LogP contribution in [0.4, 0.5) is 21.8 Å². The number of imidazole rings is 1. The molecule has 0 bridgehead atoms. The molecule has 1 saturated heterocycles. The highest BCUT2D eigenvalue weighted by Crippen LogP contribution is 2.28. The third kappa shape index (κ3) is 2.45. The summed E-state index contributed by atoms with van der Waals surface area (Å²) in [6, 6.07) is 0. The van der Waals surface area contributed by atoms with Crippen LogP contribution in [0.15, 0.2) is 12.5 Å². The number of hydrogen-bond acceptors (Lipinski definition) is 6. The summed E-state index contributed by atoms with van der Waals surface area (Å²) in [5, 5.41) is 10.2. The molecule has 24 heavy (non-hydrogen) atoms. The van der Waals surface area contributed by atoms with Crippen molar-refractivity contribution in [1.82, 2.24) is 29.7 Å². The van der Waals surface area contributed by atoms with Crippen molar-refractivity contribution in [3.8, 4) is 0 Å². The first-order valence-corrected chi connectivity index (χ1v) is 8.04. The standard InChI is InChI=1S/C15H19FN8/c1-3-23-8-17-12-13(19-11-6-18-22-9(11)2)20-15(21-14(12)23)24-5-4-10(16)7-24/h6,8,10H,3-5,7H2,1-2H3,(H,18,22)(H,19,20,21). The highest BCUT2D eigenvalue weighted by Gasteiger charge is 2.25. The van der Waals surface area contributed by atoms with E-state index in [9.17, 15) is 4.39 Å². The molecular weight excluding hydrogens is 311 g/mol. The zero-order valence-corrected chi connectivity index (χ0v) is 13.6. The third-order valence-corrected chi connectivity index (χ3v) is 4.29. The number of H-pyrrole nitrogens is 1. The molecule has 0 amide bonds. The van der Waals surface area contributed by atoms with Gasteiger partial charge in [0.1, 0.15) is 6.17 Å². The van der Waals surface area contributed by atoms with Gasteiger partial charge < -0.3 is 14.8 Å². The number of halogens is 1. The normalized spacial score (nSPS) is 17.8. The summed E-state index contributed by atoms with van der Waals surface area (Å²) in [4.78, 5) is 15.5. The lowest BCUT2D eigenvalue weighted by molar-refractivity contribution is 0.364. The molecule has 3 aromatic rings. The molecule has 126 valence electrons. The van der Waals surface area contributed by atoms with E-state index in [4.69, 9.17) is 0 Å². The Bertz CT molecular complexity index is 870. The molecule has 1 aliphatic heterocycles. The molecule has 8 nitrogen and oxygen atoms in total. The van der Waals surface area contributed by atoms with E-state index < -0.39 is 6.17 Å². The second-order valence-corrected chi connectivity index (χ2v) is 5.94. The van der Waals surface area contributed by atoms with E-state index in [1.807, 2.05) is 23.3 Å². The largest absolute Gasteiger partial charge is 0.338 e. The summed E-state index contributed by atoms with van der Waals surface area (Å²) < 4.78 is 15.5. The number of alkyl halides is 1. The maximum absolute atomic E-state index is 13.6. The SMILES string of the molecule is CCn1cnc2c(Nc3cn[nH]c3C)nc(N3CCC(F)C3)nc21. The molecular formula is C15H19FN8. The van der Waals surface area contributed by atoms with Gasteiger partial charge in [0.2, 0.25) is 5.95 Å². The molecule has 3 aromatic heterocycles. The zero-order valence-electron chi connectivity index (χ0n) is 13.6. The summed E-state index contributed by atoms with van der Waals surface area (Å²) in [5.41, 5.74) is 3.17. The van der Waals surface area contributed by atoms with Crippen molar-refractivity contribution in [1.29, 1.82) is 0 Å². The number of anilines is 3. The van der Waals surface area contributed by atoms with Gasteiger partial charge in [0.05, 0.1) is 30.5 Å². The van der Waals surface area contributed by atoms with Crippen LogP contribution >= 0.6 is 0 Å². The average molecular weight is 330 g/mol. The van der Waals surface area contributed by atoms with Crippen LogP contribution in [0.25, 0.3) is 11.2 Å². The number of aryl methyl sites for hydroxylation is 2. The lowest BCUT2D eigenvalue weighted by Crippen LogP contribution is -2.23. The topological polar surface area (TPSA) is 87.5 Å². The van der Waals surface area contributed by atoms with Crippen LogP contribution in [0.3, 0.4) is 0 Å². The minimum Gasteiger partial charge on any atom is -0.338 e. The molecule has 0 aliphatic carbocycles. The monoisotopic (exact) mass is 330 g/mol. The Morgan fingerprint density at radius 1 is 1.42 bits per heavy atom. The summed E-state index contributed by atoms with van der Waals surface area (Å²) in [6.45, 7) is 5.66. The second-order valence-electron chi connectivity index (χ2n) is 5.94. The van der Waals surface area contributed by atoms with Crippen LogP contribution in [0, 0.1) is 6.92 Å². The predicted octanol–water partition coefficient (Wildman–Crippen LogP) is 2.17. The highest BCUT2D eigenvalue weighted by molar-refractivity contribution is 5.86. The first kappa shape index (κ1) is 14.9. The van der Waals surface area contributed by atoms with Crippen molar-refractivity contribution in [2.45, 2.75) is 33.0 Å². The minimum atomic E-state index is -0.826. The van der Waals surface area contributed by atoms with E-state index >= 15 is 0 Å². The van der Waals surface area contributed by atoms with Gasteiger partial charge in [-0.2, -0.15) is 15.1 Å². The maximum atomic E-state index is 13.6. The number of rotatable bonds is 4. The Balaban J connectivity index is 1.81. The Kier molecular flexibility index (Phi) is 3.55. The maximum Gasteiger partial charge on any atom is 0.229 e. The van der Waals surface area contributed by atoms with E-state index in [0.29, 0.717) is 36.8 Å². The van der Waals surface area contributed by atoms with Crippen molar-refractivity contribution in [3.63, 3.8) is 0 Å². The van der Waals surface area contributed by atoms with E-state index in [0.717, 1.165) is 23.6 Å². The van der Waals surface area contributed by atoms with Gasteiger partial charge in [0.25, 0.3) is 0 Å². The van der Waals surface area contributed by atoms with Gasteiger partial charge in [-0.05, 0) is 20.3 Å². The van der Waals surface area contributed by atoms with Crippen LogP contribution in [0.2, 0.25) is 0 Å². The number of aromatic nitrogens is 6. The second kappa shape index (κ2) is 5.73. The van der Waals surface area contributed by atoms with Crippen LogP contribution in [0.1, 0.15) is 19.0 Å². The molecule has 2 N–H and O–H groups in total. The molecule has 0 spiro atoms. The molecule has 4 rings (SSSR count). The van der Waals surface area contributed by atoms with E-state index in [1.54, 1.807) is 12.5 Å². The average Bonchev–Trinajstić information content (AvgIpc) is 3.28. The fourth-order valence-corrected chi connectivity index (χ4v) is 2.90. The van der Waals surface area contributed by atoms with Crippen LogP contribution in [0.5, 0.6) is 0 Å². The van der Waals surface area contributed by atoms with Crippen molar-refractivity contribution in [3.05, 3.63) is 18.2 Å². The molecule has 0 aromatic carbocycles. The summed E-state index contributed by atoms with van der Waals surface area (Å²) in [6.07, 6.45) is 3.14. The van der Waals surface area contributed by atoms with Crippen molar-refractivity contribution < 1.29 is 4.39 Å². The van der Waals surface area contributed by atoms with Crippen molar-refractivity contribution in [2.75, 3.05) is 23.3 Å². The zero-order chi connectivity index (χ0) is 16.7. The number of fused-ring (bicyclic) bond motifs is 1. The van der Waals surface area contributed by atoms with Crippen LogP contribution in [-0.4, -0.2) is 49.0 Å². The number of aromatic amines is 1. The number of hydrogen-bond donors (Lipinski definition) is 2. The van der Waals surface area contributed by atoms with Gasteiger partial charge in [0.15, 0.2) is 17.0 Å². The molecule has 4 heterocycles. The van der Waals surface area contributed by atoms with E-state index in [1.165, 1.54) is 0 Å². The van der Waals surface area contributed by atoms with Crippen molar-refractivity contribution >= 4 is 28.6 Å². The number of nitrogens with zero attached hydrogens (tertiary/aromatic N) is 6. The fourth-order valence-electron chi connectivity index (χ4n) is 2.90. The summed E-state index contributed by atoms with van der Waals surface area (Å²) >= 11 is 0. The Hall–Kier alpha value is -2.71. The molecule has 0 radical (unpaired) electrons. The van der Waals surface area contributed by atoms with Gasteiger partial charge in [0, 0.05) is 13.1 Å². The molecule has 1 unspecified atom stereocenters. The van der Waals surface area contributed by atoms with Gasteiger partial charge in [-0.25, -0.2) is 9.37 Å². The third-order valence-electron chi connectivity index (χ3n) is 4.29. The van der Waals surface area contributed by atoms with Crippen molar-refractivity contribution in [2.24, 2.45) is 0 Å². The molecule has 1 aliphatic rings.